The predicted octanol–water partition coefficient (Wildman–Crippen LogP) is 0.988. The SMILES string of the molecule is CCOC(=O)[C@@H]([NH3+])CS[C@H]1CC(=O)N(c2ccc(Br)cc2)C1=O. The number of nitrogens with zero attached hydrogens (tertiary/aromatic N) is 1. The third-order valence-corrected chi connectivity index (χ3v) is 5.20. The Morgan fingerprint density at radius 3 is 2.70 bits per heavy atom. The Kier molecular flexibility index (Phi) is 6.20. The molecule has 1 fully saturated rings. The molecule has 6 nitrogen and oxygen atoms in total. The minimum Gasteiger partial charge on any atom is -0.462 e. The van der Waals surface area contributed by atoms with Crippen LogP contribution in [-0.4, -0.2) is 41.4 Å². The summed E-state index contributed by atoms with van der Waals surface area (Å²) in [5, 5.41) is -0.482. The van der Waals surface area contributed by atoms with Gasteiger partial charge in [-0.15, -0.1) is 11.8 Å². The Labute approximate surface area is 146 Å². The average Bonchev–Trinajstić information content (AvgIpc) is 2.80. The van der Waals surface area contributed by atoms with E-state index in [0.29, 0.717) is 18.0 Å². The molecule has 0 aromatic heterocycles. The van der Waals surface area contributed by atoms with E-state index in [1.165, 1.54) is 16.7 Å². The molecular weight excluding hydrogens is 384 g/mol. The molecule has 1 aromatic rings. The van der Waals surface area contributed by atoms with Crippen molar-refractivity contribution in [2.24, 2.45) is 0 Å². The lowest BCUT2D eigenvalue weighted by atomic mass is 10.3. The Morgan fingerprint density at radius 2 is 2.09 bits per heavy atom. The van der Waals surface area contributed by atoms with Gasteiger partial charge in [0, 0.05) is 10.9 Å². The van der Waals surface area contributed by atoms with Gasteiger partial charge in [-0.3, -0.25) is 9.59 Å². The number of thioether (sulfide) groups is 1. The van der Waals surface area contributed by atoms with E-state index in [0.717, 1.165) is 4.47 Å². The fourth-order valence-corrected chi connectivity index (χ4v) is 3.53. The van der Waals surface area contributed by atoms with Gasteiger partial charge < -0.3 is 10.5 Å². The van der Waals surface area contributed by atoms with Gasteiger partial charge in [-0.1, -0.05) is 15.9 Å². The molecule has 3 N–H and O–H groups in total. The van der Waals surface area contributed by atoms with E-state index >= 15 is 0 Å². The van der Waals surface area contributed by atoms with Gasteiger partial charge in [-0.2, -0.15) is 0 Å². The van der Waals surface area contributed by atoms with Gasteiger partial charge >= 0.3 is 5.97 Å². The highest BCUT2D eigenvalue weighted by Crippen LogP contribution is 2.30. The maximum atomic E-state index is 12.4. The van der Waals surface area contributed by atoms with Crippen LogP contribution in [-0.2, 0) is 19.1 Å². The minimum atomic E-state index is -0.551. The summed E-state index contributed by atoms with van der Waals surface area (Å²) in [5.74, 6) is -0.525. The first kappa shape index (κ1) is 18.0. The highest BCUT2D eigenvalue weighted by atomic mass is 79.9. The molecule has 1 aliphatic rings. The molecule has 0 unspecified atom stereocenters. The Bertz CT molecular complexity index is 608. The van der Waals surface area contributed by atoms with Crippen molar-refractivity contribution in [1.29, 1.82) is 0 Å². The van der Waals surface area contributed by atoms with Gasteiger partial charge in [-0.05, 0) is 31.2 Å². The van der Waals surface area contributed by atoms with Crippen LogP contribution in [0, 0.1) is 0 Å². The maximum Gasteiger partial charge on any atom is 0.365 e. The molecule has 0 saturated carbocycles. The summed E-state index contributed by atoms with van der Waals surface area (Å²) >= 11 is 4.60. The van der Waals surface area contributed by atoms with E-state index in [2.05, 4.69) is 21.7 Å². The largest absolute Gasteiger partial charge is 0.462 e. The van der Waals surface area contributed by atoms with Crippen molar-refractivity contribution >= 4 is 51.2 Å². The highest BCUT2D eigenvalue weighted by molar-refractivity contribution is 9.10. The van der Waals surface area contributed by atoms with Crippen molar-refractivity contribution in [3.05, 3.63) is 28.7 Å². The number of halogens is 1. The lowest BCUT2D eigenvalue weighted by Gasteiger charge is -2.15. The molecule has 1 saturated heterocycles. The molecule has 2 atom stereocenters. The summed E-state index contributed by atoms with van der Waals surface area (Å²) in [5.41, 5.74) is 4.30. The summed E-state index contributed by atoms with van der Waals surface area (Å²) in [6.45, 7) is 2.03. The van der Waals surface area contributed by atoms with Crippen LogP contribution in [0.3, 0.4) is 0 Å². The van der Waals surface area contributed by atoms with Crippen LogP contribution in [0.4, 0.5) is 5.69 Å². The van der Waals surface area contributed by atoms with Crippen LogP contribution in [0.2, 0.25) is 0 Å². The summed E-state index contributed by atoms with van der Waals surface area (Å²) < 4.78 is 5.76. The number of anilines is 1. The van der Waals surface area contributed by atoms with E-state index in [1.807, 2.05) is 0 Å². The van der Waals surface area contributed by atoms with E-state index in [4.69, 9.17) is 4.74 Å². The van der Waals surface area contributed by atoms with Crippen molar-refractivity contribution in [3.63, 3.8) is 0 Å². The number of carbonyl (C=O) groups is 3. The Balaban J connectivity index is 1.98. The molecule has 0 bridgehead atoms. The monoisotopic (exact) mass is 401 g/mol. The molecule has 0 spiro atoms. The molecule has 1 aromatic carbocycles. The molecule has 124 valence electrons. The number of quaternary nitrogens is 1. The second-order valence-corrected chi connectivity index (χ2v) is 7.17. The third kappa shape index (κ3) is 4.33. The summed E-state index contributed by atoms with van der Waals surface area (Å²) in [7, 11) is 0. The number of rotatable bonds is 6. The molecule has 0 radical (unpaired) electrons. The van der Waals surface area contributed by atoms with Crippen LogP contribution >= 0.6 is 27.7 Å². The van der Waals surface area contributed by atoms with Gasteiger partial charge in [0.05, 0.1) is 23.3 Å². The second-order valence-electron chi connectivity index (χ2n) is 5.02. The first-order valence-electron chi connectivity index (χ1n) is 7.17. The molecule has 23 heavy (non-hydrogen) atoms. The molecular formula is C15H18BrN2O4S+. The molecule has 0 aliphatic carbocycles. The lowest BCUT2D eigenvalue weighted by molar-refractivity contribution is -0.401. The fourth-order valence-electron chi connectivity index (χ4n) is 2.16. The zero-order valence-electron chi connectivity index (χ0n) is 12.7. The number of ether oxygens (including phenoxy) is 1. The molecule has 8 heteroatoms. The quantitative estimate of drug-likeness (QED) is 0.566. The van der Waals surface area contributed by atoms with Gasteiger partial charge in [-0.25, -0.2) is 9.69 Å². The van der Waals surface area contributed by atoms with Crippen molar-refractivity contribution in [2.45, 2.75) is 24.6 Å². The van der Waals surface area contributed by atoms with Gasteiger partial charge in [0.2, 0.25) is 11.8 Å². The van der Waals surface area contributed by atoms with Crippen molar-refractivity contribution in [2.75, 3.05) is 17.3 Å². The van der Waals surface area contributed by atoms with Gasteiger partial charge in [0.15, 0.2) is 6.04 Å². The fraction of sp³-hybridized carbons (Fsp3) is 0.400. The average molecular weight is 402 g/mol. The van der Waals surface area contributed by atoms with Crippen LogP contribution in [0.15, 0.2) is 28.7 Å². The number of esters is 1. The predicted molar refractivity (Wildman–Crippen MR) is 90.8 cm³/mol. The third-order valence-electron chi connectivity index (χ3n) is 3.31. The lowest BCUT2D eigenvalue weighted by Crippen LogP contribution is -2.66. The van der Waals surface area contributed by atoms with Crippen LogP contribution in [0.5, 0.6) is 0 Å². The summed E-state index contributed by atoms with van der Waals surface area (Å²) in [4.78, 5) is 37.3. The van der Waals surface area contributed by atoms with Crippen molar-refractivity contribution in [3.8, 4) is 0 Å². The van der Waals surface area contributed by atoms with Crippen LogP contribution in [0.25, 0.3) is 0 Å². The van der Waals surface area contributed by atoms with Crippen molar-refractivity contribution in [1.82, 2.24) is 0 Å². The normalized spacial score (nSPS) is 19.1. The molecule has 1 aliphatic heterocycles. The second kappa shape index (κ2) is 7.94. The number of amides is 2. The first-order chi connectivity index (χ1) is 10.9. The van der Waals surface area contributed by atoms with E-state index in [9.17, 15) is 14.4 Å². The van der Waals surface area contributed by atoms with E-state index in [1.54, 1.807) is 31.2 Å². The maximum absolute atomic E-state index is 12.4. The molecule has 1 heterocycles. The zero-order chi connectivity index (χ0) is 17.0. The summed E-state index contributed by atoms with van der Waals surface area (Å²) in [6, 6.07) is 6.45. The molecule has 2 rings (SSSR count). The Morgan fingerprint density at radius 1 is 1.43 bits per heavy atom. The number of hydrogen-bond acceptors (Lipinski definition) is 5. The standard InChI is InChI=1S/C15H17BrN2O4S/c1-2-22-15(21)11(17)8-23-12-7-13(19)18(14(12)20)10-5-3-9(16)4-6-10/h3-6,11-12H,2,7-8,17H2,1H3/p+1/t11-,12-/m0/s1. The zero-order valence-corrected chi connectivity index (χ0v) is 15.1. The van der Waals surface area contributed by atoms with Crippen LogP contribution < -0.4 is 10.6 Å². The number of carbonyl (C=O) groups excluding carboxylic acids is 3. The summed E-state index contributed by atoms with van der Waals surface area (Å²) in [6.07, 6.45) is 0.134. The highest BCUT2D eigenvalue weighted by Gasteiger charge is 2.40. The van der Waals surface area contributed by atoms with E-state index in [-0.39, 0.29) is 24.2 Å². The van der Waals surface area contributed by atoms with Gasteiger partial charge in [0.1, 0.15) is 0 Å². The number of benzene rings is 1. The van der Waals surface area contributed by atoms with E-state index < -0.39 is 11.3 Å². The van der Waals surface area contributed by atoms with Gasteiger partial charge in [0.25, 0.3) is 0 Å². The minimum absolute atomic E-state index is 0.134. The number of imide groups is 1. The van der Waals surface area contributed by atoms with Crippen LogP contribution in [0.1, 0.15) is 13.3 Å². The van der Waals surface area contributed by atoms with Crippen molar-refractivity contribution < 1.29 is 24.9 Å². The Hall–Kier alpha value is -1.38. The smallest absolute Gasteiger partial charge is 0.365 e. The topological polar surface area (TPSA) is 91.3 Å². The first-order valence-corrected chi connectivity index (χ1v) is 9.02. The molecule has 2 amide bonds. The number of hydrogen-bond donors (Lipinski definition) is 1.